The van der Waals surface area contributed by atoms with E-state index in [1.54, 1.807) is 30.1 Å². The molecule has 27 heavy (non-hydrogen) atoms. The van der Waals surface area contributed by atoms with Crippen molar-refractivity contribution in [1.82, 2.24) is 29.3 Å². The zero-order valence-corrected chi connectivity index (χ0v) is 15.0. The summed E-state index contributed by atoms with van der Waals surface area (Å²) in [4.78, 5) is 37.1. The van der Waals surface area contributed by atoms with Crippen molar-refractivity contribution in [3.8, 4) is 5.69 Å². The number of H-pyrrole nitrogens is 1. The first-order chi connectivity index (χ1) is 12.9. The minimum absolute atomic E-state index is 0.172. The summed E-state index contributed by atoms with van der Waals surface area (Å²) in [6.07, 6.45) is 3.14. The minimum atomic E-state index is -0.279. The van der Waals surface area contributed by atoms with Crippen molar-refractivity contribution in [2.75, 3.05) is 5.32 Å². The summed E-state index contributed by atoms with van der Waals surface area (Å²) in [6.45, 7) is 3.70. The molecule has 136 valence electrons. The Hall–Kier alpha value is -3.75. The molecule has 0 bridgehead atoms. The Labute approximate surface area is 153 Å². The Morgan fingerprint density at radius 1 is 1.07 bits per heavy atom. The molecular weight excluding hydrogens is 346 g/mol. The van der Waals surface area contributed by atoms with Crippen molar-refractivity contribution >= 4 is 22.5 Å². The average molecular weight is 363 g/mol. The van der Waals surface area contributed by atoms with E-state index in [1.165, 1.54) is 16.8 Å². The topological polar surface area (TPSA) is 110 Å². The Balaban J connectivity index is 1.82. The molecule has 0 radical (unpaired) electrons. The maximum atomic E-state index is 12.2. The third-order valence-corrected chi connectivity index (χ3v) is 4.15. The number of anilines is 2. The first-order valence-corrected chi connectivity index (χ1v) is 8.28. The van der Waals surface area contributed by atoms with Crippen LogP contribution in [-0.2, 0) is 7.05 Å². The van der Waals surface area contributed by atoms with Gasteiger partial charge in [-0.2, -0.15) is 0 Å². The van der Waals surface area contributed by atoms with Crippen LogP contribution in [0, 0.1) is 13.8 Å². The van der Waals surface area contributed by atoms with E-state index >= 15 is 0 Å². The molecule has 9 heteroatoms. The van der Waals surface area contributed by atoms with Crippen LogP contribution in [0.4, 0.5) is 11.6 Å². The van der Waals surface area contributed by atoms with Crippen LogP contribution in [0.1, 0.15) is 11.5 Å². The van der Waals surface area contributed by atoms with Gasteiger partial charge in [0, 0.05) is 43.3 Å². The summed E-state index contributed by atoms with van der Waals surface area (Å²) >= 11 is 0. The average Bonchev–Trinajstić information content (AvgIpc) is 2.93. The summed E-state index contributed by atoms with van der Waals surface area (Å²) in [5, 5.41) is 6.30. The van der Waals surface area contributed by atoms with E-state index in [0.717, 1.165) is 5.69 Å². The second kappa shape index (κ2) is 6.20. The van der Waals surface area contributed by atoms with Crippen molar-refractivity contribution in [2.24, 2.45) is 7.05 Å². The number of fused-ring (bicyclic) bond motifs is 1. The van der Waals surface area contributed by atoms with Crippen LogP contribution in [0.3, 0.4) is 0 Å². The molecule has 0 spiro atoms. The molecule has 4 heterocycles. The molecule has 4 aromatic heterocycles. The highest BCUT2D eigenvalue weighted by molar-refractivity contribution is 5.82. The molecule has 0 aromatic carbocycles. The van der Waals surface area contributed by atoms with E-state index in [-0.39, 0.29) is 11.1 Å². The zero-order valence-electron chi connectivity index (χ0n) is 15.0. The van der Waals surface area contributed by atoms with E-state index in [1.807, 2.05) is 19.9 Å². The number of pyridine rings is 2. The monoisotopic (exact) mass is 363 g/mol. The Morgan fingerprint density at radius 3 is 2.63 bits per heavy atom. The Bertz CT molecular complexity index is 1260. The predicted molar refractivity (Wildman–Crippen MR) is 102 cm³/mol. The lowest BCUT2D eigenvalue weighted by molar-refractivity contribution is 0.831. The van der Waals surface area contributed by atoms with Crippen LogP contribution in [0.15, 0.2) is 46.2 Å². The molecule has 4 rings (SSSR count). The van der Waals surface area contributed by atoms with Gasteiger partial charge in [0.2, 0.25) is 0 Å². The maximum absolute atomic E-state index is 12.2. The number of nitrogens with one attached hydrogen (secondary N) is 2. The van der Waals surface area contributed by atoms with Gasteiger partial charge in [-0.3, -0.25) is 19.4 Å². The second-order valence-electron chi connectivity index (χ2n) is 6.26. The van der Waals surface area contributed by atoms with E-state index < -0.39 is 0 Å². The number of aryl methyl sites for hydroxylation is 3. The normalized spacial score (nSPS) is 11.1. The van der Waals surface area contributed by atoms with Crippen molar-refractivity contribution in [2.45, 2.75) is 13.8 Å². The number of aromatic nitrogens is 6. The van der Waals surface area contributed by atoms with Gasteiger partial charge in [-0.05, 0) is 19.9 Å². The number of nitrogens with zero attached hydrogens (tertiary/aromatic N) is 5. The molecule has 0 aliphatic heterocycles. The third-order valence-electron chi connectivity index (χ3n) is 4.15. The van der Waals surface area contributed by atoms with Crippen molar-refractivity contribution in [3.63, 3.8) is 0 Å². The molecule has 0 unspecified atom stereocenters. The van der Waals surface area contributed by atoms with Crippen LogP contribution in [-0.4, -0.2) is 29.3 Å². The molecule has 0 aliphatic rings. The van der Waals surface area contributed by atoms with Crippen LogP contribution in [0.5, 0.6) is 0 Å². The number of hydrogen-bond acceptors (Lipinski definition) is 6. The molecule has 0 saturated heterocycles. The molecule has 9 nitrogen and oxygen atoms in total. The summed E-state index contributed by atoms with van der Waals surface area (Å²) in [6, 6.07) is 6.75. The van der Waals surface area contributed by atoms with Gasteiger partial charge in [-0.25, -0.2) is 15.0 Å². The summed E-state index contributed by atoms with van der Waals surface area (Å²) in [7, 11) is 1.67. The minimum Gasteiger partial charge on any atom is -0.325 e. The van der Waals surface area contributed by atoms with Gasteiger partial charge < -0.3 is 9.88 Å². The van der Waals surface area contributed by atoms with Gasteiger partial charge in [0.1, 0.15) is 17.5 Å². The molecule has 2 N–H and O–H groups in total. The first kappa shape index (κ1) is 16.7. The molecule has 0 fully saturated rings. The van der Waals surface area contributed by atoms with Gasteiger partial charge in [0.05, 0.1) is 16.6 Å². The lowest BCUT2D eigenvalue weighted by Crippen LogP contribution is -2.16. The predicted octanol–water partition coefficient (Wildman–Crippen LogP) is 1.56. The molecule has 0 aliphatic carbocycles. The van der Waals surface area contributed by atoms with E-state index in [9.17, 15) is 9.59 Å². The first-order valence-electron chi connectivity index (χ1n) is 8.28. The van der Waals surface area contributed by atoms with Crippen molar-refractivity contribution < 1.29 is 0 Å². The summed E-state index contributed by atoms with van der Waals surface area (Å²) in [5.74, 6) is 1.79. The largest absolute Gasteiger partial charge is 0.325 e. The van der Waals surface area contributed by atoms with Gasteiger partial charge in [0.15, 0.2) is 0 Å². The highest BCUT2D eigenvalue weighted by Gasteiger charge is 2.11. The zero-order chi connectivity index (χ0) is 19.1. The highest BCUT2D eigenvalue weighted by Crippen LogP contribution is 2.19. The van der Waals surface area contributed by atoms with Crippen LogP contribution >= 0.6 is 0 Å². The van der Waals surface area contributed by atoms with E-state index in [2.05, 4.69) is 25.4 Å². The van der Waals surface area contributed by atoms with Crippen molar-refractivity contribution in [1.29, 1.82) is 0 Å². The standard InChI is InChI=1S/C18H17N7O2/c1-10-6-16(21-11(2)20-10)22-15-8-14-13(9-19-15)18(27)23-25(14)12-4-5-24(3)17(26)7-12/h4-9H,1-3H3,(H,23,27)(H,19,20,21,22). The molecular formula is C18H17N7O2. The fraction of sp³-hybridized carbons (Fsp3) is 0.167. The van der Waals surface area contributed by atoms with E-state index in [4.69, 9.17) is 0 Å². The van der Waals surface area contributed by atoms with E-state index in [0.29, 0.717) is 34.1 Å². The quantitative estimate of drug-likeness (QED) is 0.571. The smallest absolute Gasteiger partial charge is 0.273 e. The fourth-order valence-corrected chi connectivity index (χ4v) is 2.89. The van der Waals surface area contributed by atoms with Gasteiger partial charge in [-0.1, -0.05) is 0 Å². The number of hydrogen-bond donors (Lipinski definition) is 2. The fourth-order valence-electron chi connectivity index (χ4n) is 2.89. The van der Waals surface area contributed by atoms with Crippen LogP contribution < -0.4 is 16.4 Å². The summed E-state index contributed by atoms with van der Waals surface area (Å²) < 4.78 is 3.03. The Morgan fingerprint density at radius 2 is 1.89 bits per heavy atom. The maximum Gasteiger partial charge on any atom is 0.273 e. The second-order valence-corrected chi connectivity index (χ2v) is 6.26. The Kier molecular flexibility index (Phi) is 3.84. The molecule has 4 aromatic rings. The number of rotatable bonds is 3. The van der Waals surface area contributed by atoms with Gasteiger partial charge in [-0.15, -0.1) is 0 Å². The highest BCUT2D eigenvalue weighted by atomic mass is 16.1. The number of aromatic amines is 1. The molecule has 0 saturated carbocycles. The third kappa shape index (κ3) is 3.10. The molecule has 0 amide bonds. The summed E-state index contributed by atoms with van der Waals surface area (Å²) in [5.41, 5.74) is 1.56. The lowest BCUT2D eigenvalue weighted by Gasteiger charge is -2.08. The van der Waals surface area contributed by atoms with Crippen LogP contribution in [0.25, 0.3) is 16.6 Å². The lowest BCUT2D eigenvalue weighted by atomic mass is 10.3. The van der Waals surface area contributed by atoms with Crippen molar-refractivity contribution in [3.05, 3.63) is 68.9 Å². The SMILES string of the molecule is Cc1cc(Nc2cc3c(cn2)c(=O)[nH]n3-c2ccn(C)c(=O)c2)nc(C)n1. The van der Waals surface area contributed by atoms with Gasteiger partial charge in [0.25, 0.3) is 11.1 Å². The molecule has 0 atom stereocenters. The van der Waals surface area contributed by atoms with Crippen LogP contribution in [0.2, 0.25) is 0 Å². The van der Waals surface area contributed by atoms with Gasteiger partial charge >= 0.3 is 0 Å².